The number of nitrogens with one attached hydrogen (secondary N) is 2. The monoisotopic (exact) mass is 387 g/mol. The van der Waals surface area contributed by atoms with Crippen molar-refractivity contribution in [3.05, 3.63) is 69.2 Å². The molecule has 2 aromatic carbocycles. The van der Waals surface area contributed by atoms with Crippen LogP contribution in [-0.2, 0) is 21.2 Å². The summed E-state index contributed by atoms with van der Waals surface area (Å²) in [5, 5.41) is 5.61. The van der Waals surface area contributed by atoms with E-state index in [0.29, 0.717) is 11.1 Å². The molecule has 3 rings (SSSR count). The Balaban J connectivity index is 1.75. The van der Waals surface area contributed by atoms with Gasteiger partial charge in [-0.3, -0.25) is 19.5 Å². The van der Waals surface area contributed by atoms with Gasteiger partial charge in [0.2, 0.25) is 5.91 Å². The summed E-state index contributed by atoms with van der Waals surface area (Å²) < 4.78 is 24.2. The van der Waals surface area contributed by atoms with Gasteiger partial charge < -0.3 is 5.32 Å². The summed E-state index contributed by atoms with van der Waals surface area (Å²) in [4.78, 5) is 36.7. The molecule has 0 unspecified atom stereocenters. The van der Waals surface area contributed by atoms with Gasteiger partial charge in [-0.05, 0) is 30.3 Å². The lowest BCUT2D eigenvalue weighted by molar-refractivity contribution is -0.116. The van der Waals surface area contributed by atoms with E-state index in [0.717, 1.165) is 10.9 Å². The number of amides is 1. The van der Waals surface area contributed by atoms with Crippen molar-refractivity contribution in [2.45, 2.75) is 17.9 Å². The van der Waals surface area contributed by atoms with Crippen LogP contribution in [0.25, 0.3) is 10.8 Å². The predicted molar refractivity (Wildman–Crippen MR) is 102 cm³/mol. The summed E-state index contributed by atoms with van der Waals surface area (Å²) in [6.07, 6.45) is 1.01. The van der Waals surface area contributed by atoms with Crippen molar-refractivity contribution in [1.82, 2.24) is 9.78 Å². The molecule has 0 saturated carbocycles. The Morgan fingerprint density at radius 2 is 1.78 bits per heavy atom. The first-order valence-corrected chi connectivity index (χ1v) is 9.97. The summed E-state index contributed by atoms with van der Waals surface area (Å²) in [7, 11) is -3.38. The van der Waals surface area contributed by atoms with Gasteiger partial charge >= 0.3 is 0 Å². The molecule has 9 heteroatoms. The second-order valence-electron chi connectivity index (χ2n) is 6.04. The number of carbonyl (C=O) groups excluding carboxylic acids is 1. The number of aromatic amines is 1. The highest BCUT2D eigenvalue weighted by Crippen LogP contribution is 2.15. The Morgan fingerprint density at radius 1 is 1.07 bits per heavy atom. The van der Waals surface area contributed by atoms with Crippen molar-refractivity contribution in [3.63, 3.8) is 0 Å². The van der Waals surface area contributed by atoms with E-state index in [-0.39, 0.29) is 23.2 Å². The second kappa shape index (κ2) is 7.20. The van der Waals surface area contributed by atoms with Crippen LogP contribution in [0.1, 0.15) is 6.42 Å². The number of aryl methyl sites for hydroxylation is 1. The Kier molecular flexibility index (Phi) is 4.95. The quantitative estimate of drug-likeness (QED) is 0.680. The largest absolute Gasteiger partial charge is 0.326 e. The minimum atomic E-state index is -3.38. The molecule has 27 heavy (non-hydrogen) atoms. The fourth-order valence-corrected chi connectivity index (χ4v) is 3.31. The molecule has 0 fully saturated rings. The van der Waals surface area contributed by atoms with Gasteiger partial charge in [-0.25, -0.2) is 13.1 Å². The molecular formula is C18H17N3O5S. The Morgan fingerprint density at radius 3 is 2.48 bits per heavy atom. The van der Waals surface area contributed by atoms with Crippen LogP contribution in [-0.4, -0.2) is 30.4 Å². The SMILES string of the molecule is CS(=O)(=O)c1cccc(NC(=O)CCn2[nH]c(=O)c3ccccc3c2=O)c1. The van der Waals surface area contributed by atoms with Crippen LogP contribution in [0.15, 0.2) is 63.0 Å². The van der Waals surface area contributed by atoms with Crippen LogP contribution in [0.5, 0.6) is 0 Å². The van der Waals surface area contributed by atoms with Gasteiger partial charge in [-0.2, -0.15) is 0 Å². The summed E-state index contributed by atoms with van der Waals surface area (Å²) in [6.45, 7) is -0.0174. The molecule has 0 bridgehead atoms. The lowest BCUT2D eigenvalue weighted by Crippen LogP contribution is -2.31. The zero-order valence-corrected chi connectivity index (χ0v) is 15.2. The van der Waals surface area contributed by atoms with Crippen molar-refractivity contribution in [3.8, 4) is 0 Å². The van der Waals surface area contributed by atoms with Crippen molar-refractivity contribution in [1.29, 1.82) is 0 Å². The van der Waals surface area contributed by atoms with Crippen molar-refractivity contribution in [2.75, 3.05) is 11.6 Å². The molecule has 0 radical (unpaired) electrons. The number of nitrogens with zero attached hydrogens (tertiary/aromatic N) is 1. The number of hydrogen-bond donors (Lipinski definition) is 2. The van der Waals surface area contributed by atoms with E-state index in [1.807, 2.05) is 0 Å². The molecule has 0 saturated heterocycles. The van der Waals surface area contributed by atoms with Gasteiger partial charge in [0.15, 0.2) is 9.84 Å². The molecule has 140 valence electrons. The number of sulfone groups is 1. The second-order valence-corrected chi connectivity index (χ2v) is 8.06. The molecule has 0 atom stereocenters. The van der Waals surface area contributed by atoms with Crippen molar-refractivity contribution in [2.24, 2.45) is 0 Å². The van der Waals surface area contributed by atoms with Crippen LogP contribution >= 0.6 is 0 Å². The lowest BCUT2D eigenvalue weighted by atomic mass is 10.2. The maximum Gasteiger partial charge on any atom is 0.273 e. The number of hydrogen-bond acceptors (Lipinski definition) is 5. The zero-order valence-electron chi connectivity index (χ0n) is 14.4. The van der Waals surface area contributed by atoms with Gasteiger partial charge in [0.05, 0.1) is 22.2 Å². The van der Waals surface area contributed by atoms with Crippen molar-refractivity contribution < 1.29 is 13.2 Å². The van der Waals surface area contributed by atoms with E-state index < -0.39 is 26.9 Å². The summed E-state index contributed by atoms with van der Waals surface area (Å²) in [6, 6.07) is 12.3. The minimum absolute atomic E-state index is 0.0174. The number of carbonyl (C=O) groups is 1. The van der Waals surface area contributed by atoms with E-state index in [1.54, 1.807) is 30.3 Å². The maximum atomic E-state index is 12.4. The third-order valence-corrected chi connectivity index (χ3v) is 5.10. The van der Waals surface area contributed by atoms with Crippen LogP contribution in [0.3, 0.4) is 0 Å². The number of H-pyrrole nitrogens is 1. The van der Waals surface area contributed by atoms with Gasteiger partial charge in [-0.1, -0.05) is 18.2 Å². The number of anilines is 1. The van der Waals surface area contributed by atoms with E-state index in [9.17, 15) is 22.8 Å². The third kappa shape index (κ3) is 4.14. The maximum absolute atomic E-state index is 12.4. The number of fused-ring (bicyclic) bond motifs is 1. The van der Waals surface area contributed by atoms with Gasteiger partial charge in [0, 0.05) is 18.4 Å². The fourth-order valence-electron chi connectivity index (χ4n) is 2.65. The normalized spacial score (nSPS) is 11.4. The minimum Gasteiger partial charge on any atom is -0.326 e. The number of rotatable bonds is 5. The number of aromatic nitrogens is 2. The van der Waals surface area contributed by atoms with Gasteiger partial charge in [0.1, 0.15) is 0 Å². The highest BCUT2D eigenvalue weighted by Gasteiger charge is 2.11. The van der Waals surface area contributed by atoms with Crippen LogP contribution < -0.4 is 16.4 Å². The summed E-state index contributed by atoms with van der Waals surface area (Å²) >= 11 is 0. The van der Waals surface area contributed by atoms with E-state index in [1.165, 1.54) is 18.2 Å². The average molecular weight is 387 g/mol. The summed E-state index contributed by atoms with van der Waals surface area (Å²) in [5.74, 6) is -0.415. The van der Waals surface area contributed by atoms with Crippen LogP contribution in [0, 0.1) is 0 Å². The molecule has 0 aliphatic rings. The molecule has 3 aromatic rings. The molecule has 1 amide bonds. The molecule has 0 spiro atoms. The molecule has 8 nitrogen and oxygen atoms in total. The predicted octanol–water partition coefficient (Wildman–Crippen LogP) is 1.12. The molecular weight excluding hydrogens is 370 g/mol. The lowest BCUT2D eigenvalue weighted by Gasteiger charge is -2.09. The Labute approximate surface area is 154 Å². The standard InChI is InChI=1S/C18H17N3O5S/c1-27(25,26)13-6-4-5-12(11-13)19-16(22)9-10-21-18(24)15-8-3-2-7-14(15)17(23)20-21/h2-8,11H,9-10H2,1H3,(H,19,22)(H,20,23). The first-order chi connectivity index (χ1) is 12.8. The van der Waals surface area contributed by atoms with E-state index >= 15 is 0 Å². The smallest absolute Gasteiger partial charge is 0.273 e. The van der Waals surface area contributed by atoms with E-state index in [4.69, 9.17) is 0 Å². The van der Waals surface area contributed by atoms with Crippen molar-refractivity contribution >= 4 is 32.2 Å². The summed E-state index contributed by atoms with van der Waals surface area (Å²) in [5.41, 5.74) is -0.467. The highest BCUT2D eigenvalue weighted by molar-refractivity contribution is 7.90. The topological polar surface area (TPSA) is 118 Å². The van der Waals surface area contributed by atoms with Crippen LogP contribution in [0.4, 0.5) is 5.69 Å². The van der Waals surface area contributed by atoms with Crippen LogP contribution in [0.2, 0.25) is 0 Å². The molecule has 0 aliphatic carbocycles. The number of benzene rings is 2. The highest BCUT2D eigenvalue weighted by atomic mass is 32.2. The third-order valence-electron chi connectivity index (χ3n) is 3.99. The fraction of sp³-hybridized carbons (Fsp3) is 0.167. The average Bonchev–Trinajstić information content (AvgIpc) is 2.63. The van der Waals surface area contributed by atoms with Gasteiger partial charge in [0.25, 0.3) is 11.1 Å². The Hall–Kier alpha value is -3.20. The molecule has 1 heterocycles. The van der Waals surface area contributed by atoms with E-state index in [2.05, 4.69) is 10.4 Å². The zero-order chi connectivity index (χ0) is 19.6. The first-order valence-electron chi connectivity index (χ1n) is 8.07. The first kappa shape index (κ1) is 18.6. The molecule has 2 N–H and O–H groups in total. The Bertz CT molecular complexity index is 1240. The van der Waals surface area contributed by atoms with Gasteiger partial charge in [-0.15, -0.1) is 0 Å². The molecule has 0 aliphatic heterocycles. The molecule has 1 aromatic heterocycles.